The molecule has 7 aromatic rings. The second kappa shape index (κ2) is 15.2. The highest BCUT2D eigenvalue weighted by Crippen LogP contribution is 2.42. The van der Waals surface area contributed by atoms with Crippen LogP contribution in [0.3, 0.4) is 0 Å². The van der Waals surface area contributed by atoms with E-state index in [-0.39, 0.29) is 11.9 Å². The molecule has 0 saturated heterocycles. The van der Waals surface area contributed by atoms with Crippen molar-refractivity contribution in [3.63, 3.8) is 0 Å². The summed E-state index contributed by atoms with van der Waals surface area (Å²) >= 11 is 0. The summed E-state index contributed by atoms with van der Waals surface area (Å²) in [4.78, 5) is 27.7. The van der Waals surface area contributed by atoms with Gasteiger partial charge in [-0.15, -0.1) is 0 Å². The lowest BCUT2D eigenvalue weighted by atomic mass is 9.96. The topological polar surface area (TPSA) is 73.3 Å². The number of hydrogen-bond acceptors (Lipinski definition) is 4. The van der Waals surface area contributed by atoms with E-state index in [1.54, 1.807) is 0 Å². The monoisotopic (exact) mass is 754 g/mol. The number of aromatic amines is 1. The van der Waals surface area contributed by atoms with Gasteiger partial charge >= 0.3 is 18.1 Å². The summed E-state index contributed by atoms with van der Waals surface area (Å²) in [7, 11) is 2.84. The van der Waals surface area contributed by atoms with Gasteiger partial charge in [-0.1, -0.05) is 36.4 Å². The minimum Gasteiger partial charge on any atom is -0.465 e. The SMILES string of the molecule is COC(=O)c1cc(C2CC2)ccc1Cc1ccc2[nH]ccc2c1.COC(=O)c1cc(C2CC2)ccc1Cc1ccc2c(ccn2-c2ccc(C(F)(F)F)cc2)c1. The van der Waals surface area contributed by atoms with Crippen LogP contribution in [0.4, 0.5) is 13.2 Å². The number of rotatable bonds is 9. The van der Waals surface area contributed by atoms with Crippen molar-refractivity contribution in [1.29, 1.82) is 0 Å². The first-order chi connectivity index (χ1) is 27.1. The van der Waals surface area contributed by atoms with Crippen molar-refractivity contribution in [2.24, 2.45) is 0 Å². The minimum absolute atomic E-state index is 0.245. The molecule has 2 aromatic heterocycles. The number of hydrogen-bond donors (Lipinski definition) is 1. The van der Waals surface area contributed by atoms with E-state index in [1.165, 1.54) is 61.3 Å². The highest BCUT2D eigenvalue weighted by Gasteiger charge is 2.30. The molecular formula is C47H41F3N2O4. The molecule has 1 N–H and O–H groups in total. The van der Waals surface area contributed by atoms with E-state index in [0.717, 1.165) is 64.5 Å². The van der Waals surface area contributed by atoms with Crippen LogP contribution in [0.15, 0.2) is 122 Å². The first-order valence-corrected chi connectivity index (χ1v) is 18.8. The van der Waals surface area contributed by atoms with E-state index in [2.05, 4.69) is 47.4 Å². The maximum atomic E-state index is 12.9. The number of nitrogens with zero attached hydrogens (tertiary/aromatic N) is 1. The maximum Gasteiger partial charge on any atom is 0.416 e. The zero-order chi connectivity index (χ0) is 39.0. The summed E-state index contributed by atoms with van der Waals surface area (Å²) in [5, 5.41) is 2.17. The van der Waals surface area contributed by atoms with Gasteiger partial charge in [0.05, 0.1) is 36.4 Å². The molecule has 0 radical (unpaired) electrons. The molecule has 2 aliphatic rings. The molecule has 284 valence electrons. The third-order valence-corrected chi connectivity index (χ3v) is 10.8. The Morgan fingerprint density at radius 2 is 1.21 bits per heavy atom. The van der Waals surface area contributed by atoms with Gasteiger partial charge in [0.1, 0.15) is 0 Å². The van der Waals surface area contributed by atoms with E-state index in [4.69, 9.17) is 9.47 Å². The van der Waals surface area contributed by atoms with Gasteiger partial charge in [0.25, 0.3) is 0 Å². The molecule has 9 rings (SSSR count). The molecule has 6 nitrogen and oxygen atoms in total. The van der Waals surface area contributed by atoms with Crippen molar-refractivity contribution < 1.29 is 32.2 Å². The fourth-order valence-corrected chi connectivity index (χ4v) is 7.43. The van der Waals surface area contributed by atoms with Gasteiger partial charge in [0.15, 0.2) is 0 Å². The number of methoxy groups -OCH3 is 2. The highest BCUT2D eigenvalue weighted by molar-refractivity contribution is 5.92. The Bertz CT molecular complexity index is 2560. The van der Waals surface area contributed by atoms with E-state index in [1.807, 2.05) is 59.4 Å². The lowest BCUT2D eigenvalue weighted by Gasteiger charge is -2.12. The number of benzene rings is 5. The van der Waals surface area contributed by atoms with Crippen molar-refractivity contribution in [2.75, 3.05) is 14.2 Å². The number of ether oxygens (including phenoxy) is 2. The lowest BCUT2D eigenvalue weighted by molar-refractivity contribution is -0.137. The zero-order valence-corrected chi connectivity index (χ0v) is 31.2. The van der Waals surface area contributed by atoms with Gasteiger partial charge in [-0.05, 0) is 162 Å². The number of alkyl halides is 3. The smallest absolute Gasteiger partial charge is 0.416 e. The summed E-state index contributed by atoms with van der Waals surface area (Å²) in [6.45, 7) is 0. The normalized spacial score (nSPS) is 14.0. The Labute approximate surface area is 322 Å². The summed E-state index contributed by atoms with van der Waals surface area (Å²) in [6.07, 6.45) is 5.52. The van der Waals surface area contributed by atoms with E-state index >= 15 is 0 Å². The fourth-order valence-electron chi connectivity index (χ4n) is 7.43. The molecule has 2 heterocycles. The molecule has 5 aromatic carbocycles. The summed E-state index contributed by atoms with van der Waals surface area (Å²) < 4.78 is 50.5. The predicted molar refractivity (Wildman–Crippen MR) is 212 cm³/mol. The Hall–Kier alpha value is -6.09. The van der Waals surface area contributed by atoms with E-state index < -0.39 is 11.7 Å². The molecule has 56 heavy (non-hydrogen) atoms. The largest absolute Gasteiger partial charge is 0.465 e. The van der Waals surface area contributed by atoms with Gasteiger partial charge in [-0.3, -0.25) is 0 Å². The van der Waals surface area contributed by atoms with Gasteiger partial charge in [0, 0.05) is 29.0 Å². The molecule has 0 aliphatic heterocycles. The molecular weight excluding hydrogens is 714 g/mol. The van der Waals surface area contributed by atoms with Gasteiger partial charge in [-0.2, -0.15) is 13.2 Å². The Balaban J connectivity index is 0.000000168. The van der Waals surface area contributed by atoms with Crippen LogP contribution in [0.2, 0.25) is 0 Å². The van der Waals surface area contributed by atoms with Crippen LogP contribution in [0.1, 0.15) is 97.2 Å². The second-order valence-electron chi connectivity index (χ2n) is 14.7. The quantitative estimate of drug-likeness (QED) is 0.149. The maximum absolute atomic E-state index is 12.9. The number of esters is 2. The molecule has 9 heteroatoms. The predicted octanol–water partition coefficient (Wildman–Crippen LogP) is 11.3. The van der Waals surface area contributed by atoms with Crippen LogP contribution >= 0.6 is 0 Å². The average molecular weight is 755 g/mol. The van der Waals surface area contributed by atoms with Crippen molar-refractivity contribution in [3.8, 4) is 5.69 Å². The lowest BCUT2D eigenvalue weighted by Crippen LogP contribution is -2.07. The van der Waals surface area contributed by atoms with Crippen molar-refractivity contribution in [2.45, 2.75) is 56.5 Å². The summed E-state index contributed by atoms with van der Waals surface area (Å²) in [5.74, 6) is 0.597. The molecule has 0 spiro atoms. The first-order valence-electron chi connectivity index (χ1n) is 18.8. The first kappa shape index (κ1) is 36.9. The fraction of sp³-hybridized carbons (Fsp3) is 0.234. The van der Waals surface area contributed by atoms with Crippen molar-refractivity contribution in [3.05, 3.63) is 172 Å². The molecule has 2 saturated carbocycles. The number of nitrogens with one attached hydrogen (secondary N) is 1. The van der Waals surface area contributed by atoms with Crippen LogP contribution in [0.5, 0.6) is 0 Å². The van der Waals surface area contributed by atoms with Gasteiger partial charge < -0.3 is 19.0 Å². The van der Waals surface area contributed by atoms with Crippen LogP contribution < -0.4 is 0 Å². The zero-order valence-electron chi connectivity index (χ0n) is 31.2. The van der Waals surface area contributed by atoms with E-state index in [9.17, 15) is 22.8 Å². The summed E-state index contributed by atoms with van der Waals surface area (Å²) in [6, 6.07) is 33.8. The number of H-pyrrole nitrogens is 1. The van der Waals surface area contributed by atoms with Crippen molar-refractivity contribution in [1.82, 2.24) is 9.55 Å². The van der Waals surface area contributed by atoms with E-state index in [0.29, 0.717) is 35.1 Å². The van der Waals surface area contributed by atoms with Gasteiger partial charge in [-0.25, -0.2) is 9.59 Å². The molecule has 0 bridgehead atoms. The molecule has 0 amide bonds. The molecule has 2 fully saturated rings. The molecule has 0 atom stereocenters. The van der Waals surface area contributed by atoms with Crippen LogP contribution in [-0.4, -0.2) is 35.7 Å². The second-order valence-corrected chi connectivity index (χ2v) is 14.7. The number of carbonyl (C=O) groups is 2. The standard InChI is InChI=1S/C27H22F3NO2.C20H19NO2/c1-33-26(32)24-16-19(18-3-4-18)5-6-20(24)14-17-2-11-25-21(15-17)12-13-31(25)23-9-7-22(8-10-23)27(28,29)30;1-23-20(22)18-12-15(14-3-4-14)5-6-16(18)10-13-2-7-19-17(11-13)8-9-21-19/h2,5-13,15-16,18H,3-4,14H2,1H3;2,5-9,11-12,14,21H,3-4,10H2,1H3. The minimum atomic E-state index is -4.36. The molecule has 0 unspecified atom stereocenters. The summed E-state index contributed by atoms with van der Waals surface area (Å²) in [5.41, 5.74) is 9.94. The third kappa shape index (κ3) is 7.98. The highest BCUT2D eigenvalue weighted by atomic mass is 19.4. The number of aromatic nitrogens is 2. The van der Waals surface area contributed by atoms with Crippen molar-refractivity contribution >= 4 is 33.7 Å². The van der Waals surface area contributed by atoms with Gasteiger partial charge in [0.2, 0.25) is 0 Å². The Morgan fingerprint density at radius 3 is 1.75 bits per heavy atom. The Kier molecular flexibility index (Phi) is 10.0. The van der Waals surface area contributed by atoms with Crippen LogP contribution in [0.25, 0.3) is 27.5 Å². The molecule has 2 aliphatic carbocycles. The number of carbonyl (C=O) groups excluding carboxylic acids is 2. The Morgan fingerprint density at radius 1 is 0.661 bits per heavy atom. The average Bonchev–Trinajstić information content (AvgIpc) is 4.15. The number of fused-ring (bicyclic) bond motifs is 2. The van der Waals surface area contributed by atoms with Crippen LogP contribution in [0, 0.1) is 0 Å². The third-order valence-electron chi connectivity index (χ3n) is 10.8. The number of halogens is 3. The van der Waals surface area contributed by atoms with Crippen LogP contribution in [-0.2, 0) is 28.5 Å².